The molecule has 0 atom stereocenters. The summed E-state index contributed by atoms with van der Waals surface area (Å²) in [4.78, 5) is 12.1. The van der Waals surface area contributed by atoms with E-state index in [0.717, 1.165) is 11.0 Å². The number of ketones is 1. The molecule has 0 spiro atoms. The second kappa shape index (κ2) is 4.45. The quantitative estimate of drug-likeness (QED) is 0.519. The normalized spacial score (nSPS) is 10.7. The predicted molar refractivity (Wildman–Crippen MR) is 67.2 cm³/mol. The lowest BCUT2D eigenvalue weighted by molar-refractivity contribution is -0.683. The van der Waals surface area contributed by atoms with Gasteiger partial charge >= 0.3 is 0 Å². The summed E-state index contributed by atoms with van der Waals surface area (Å²) in [6.07, 6.45) is 3.72. The van der Waals surface area contributed by atoms with Gasteiger partial charge in [-0.1, -0.05) is 24.3 Å². The van der Waals surface area contributed by atoms with Crippen LogP contribution in [0, 0.1) is 0 Å². The lowest BCUT2D eigenvalue weighted by atomic mass is 10.2. The summed E-state index contributed by atoms with van der Waals surface area (Å²) < 4.78 is 7.37. The maximum absolute atomic E-state index is 12.1. The summed E-state index contributed by atoms with van der Waals surface area (Å²) in [6.45, 7) is 0.292. The molecule has 0 aliphatic rings. The van der Waals surface area contributed by atoms with Crippen LogP contribution in [0.5, 0.6) is 0 Å². The Morgan fingerprint density at radius 3 is 2.61 bits per heavy atom. The average molecular weight is 238 g/mol. The minimum Gasteiger partial charge on any atom is -0.453 e. The molecule has 3 rings (SSSR count). The molecule has 0 N–H and O–H groups in total. The monoisotopic (exact) mass is 238 g/mol. The van der Waals surface area contributed by atoms with Crippen LogP contribution < -0.4 is 4.57 Å². The lowest BCUT2D eigenvalue weighted by Gasteiger charge is -1.93. The zero-order valence-electron chi connectivity index (χ0n) is 9.74. The molecule has 0 unspecified atom stereocenters. The number of fused-ring (bicyclic) bond motifs is 1. The van der Waals surface area contributed by atoms with E-state index in [2.05, 4.69) is 0 Å². The molecule has 2 aromatic heterocycles. The van der Waals surface area contributed by atoms with Gasteiger partial charge in [-0.15, -0.1) is 0 Å². The molecule has 3 aromatic rings. The number of furan rings is 1. The van der Waals surface area contributed by atoms with Crippen LogP contribution >= 0.6 is 0 Å². The van der Waals surface area contributed by atoms with E-state index < -0.39 is 0 Å². The van der Waals surface area contributed by atoms with Crippen molar-refractivity contribution in [2.75, 3.05) is 0 Å². The number of hydrogen-bond acceptors (Lipinski definition) is 2. The molecule has 1 aromatic carbocycles. The van der Waals surface area contributed by atoms with E-state index in [1.807, 2.05) is 59.4 Å². The third kappa shape index (κ3) is 2.02. The number of benzene rings is 1. The largest absolute Gasteiger partial charge is 0.453 e. The minimum atomic E-state index is -0.0256. The summed E-state index contributed by atoms with van der Waals surface area (Å²) in [7, 11) is 0. The van der Waals surface area contributed by atoms with E-state index >= 15 is 0 Å². The van der Waals surface area contributed by atoms with Crippen molar-refractivity contribution < 1.29 is 13.8 Å². The summed E-state index contributed by atoms with van der Waals surface area (Å²) in [5, 5.41) is 0.957. The SMILES string of the molecule is O=C(C[n+]1ccccc1)c1cc2ccccc2o1. The number of rotatable bonds is 3. The van der Waals surface area contributed by atoms with Crippen molar-refractivity contribution in [3.63, 3.8) is 0 Å². The first-order chi connectivity index (χ1) is 8.83. The number of carbonyl (C=O) groups is 1. The Morgan fingerprint density at radius 1 is 1.06 bits per heavy atom. The van der Waals surface area contributed by atoms with Gasteiger partial charge in [-0.2, -0.15) is 4.57 Å². The third-order valence-electron chi connectivity index (χ3n) is 2.80. The average Bonchev–Trinajstić information content (AvgIpc) is 2.84. The Kier molecular flexibility index (Phi) is 2.65. The molecule has 0 bridgehead atoms. The van der Waals surface area contributed by atoms with Crippen molar-refractivity contribution in [3.05, 3.63) is 66.7 Å². The topological polar surface area (TPSA) is 34.1 Å². The molecule has 3 heteroatoms. The first kappa shape index (κ1) is 10.7. The number of carbonyl (C=O) groups excluding carboxylic acids is 1. The fraction of sp³-hybridized carbons (Fsp3) is 0.0667. The molecule has 2 heterocycles. The second-order valence-corrected chi connectivity index (χ2v) is 4.12. The van der Waals surface area contributed by atoms with Gasteiger partial charge in [0.1, 0.15) is 5.58 Å². The highest BCUT2D eigenvalue weighted by Crippen LogP contribution is 2.18. The van der Waals surface area contributed by atoms with Gasteiger partial charge in [0.2, 0.25) is 6.54 Å². The van der Waals surface area contributed by atoms with Gasteiger partial charge in [-0.3, -0.25) is 4.79 Å². The Morgan fingerprint density at radius 2 is 1.83 bits per heavy atom. The molecule has 0 fully saturated rings. The van der Waals surface area contributed by atoms with Crippen molar-refractivity contribution in [1.82, 2.24) is 0 Å². The Bertz CT molecular complexity index is 653. The standard InChI is InChI=1S/C15H12NO2/c17-13(11-16-8-4-1-5-9-16)15-10-12-6-2-3-7-14(12)18-15/h1-10H,11H2/q+1. The van der Waals surface area contributed by atoms with Crippen LogP contribution in [0.2, 0.25) is 0 Å². The van der Waals surface area contributed by atoms with Crippen LogP contribution in [-0.2, 0) is 6.54 Å². The van der Waals surface area contributed by atoms with Crippen LogP contribution in [0.15, 0.2) is 65.3 Å². The van der Waals surface area contributed by atoms with E-state index in [0.29, 0.717) is 12.3 Å². The van der Waals surface area contributed by atoms with Crippen molar-refractivity contribution >= 4 is 16.8 Å². The molecular weight excluding hydrogens is 226 g/mol. The highest BCUT2D eigenvalue weighted by molar-refractivity contribution is 5.96. The zero-order valence-corrected chi connectivity index (χ0v) is 9.74. The molecule has 88 valence electrons. The van der Waals surface area contributed by atoms with Crippen molar-refractivity contribution in [1.29, 1.82) is 0 Å². The predicted octanol–water partition coefficient (Wildman–Crippen LogP) is 2.60. The van der Waals surface area contributed by atoms with E-state index in [-0.39, 0.29) is 5.78 Å². The zero-order chi connectivity index (χ0) is 12.4. The maximum Gasteiger partial charge on any atom is 0.262 e. The number of para-hydroxylation sites is 1. The Balaban J connectivity index is 1.88. The third-order valence-corrected chi connectivity index (χ3v) is 2.80. The number of pyridine rings is 1. The van der Waals surface area contributed by atoms with Crippen molar-refractivity contribution in [3.8, 4) is 0 Å². The molecular formula is C15H12NO2+. The van der Waals surface area contributed by atoms with Crippen LogP contribution in [0.4, 0.5) is 0 Å². The smallest absolute Gasteiger partial charge is 0.262 e. The molecule has 0 aliphatic carbocycles. The van der Waals surface area contributed by atoms with Crippen LogP contribution in [0.3, 0.4) is 0 Å². The number of nitrogens with zero attached hydrogens (tertiary/aromatic N) is 1. The summed E-state index contributed by atoms with van der Waals surface area (Å²) >= 11 is 0. The van der Waals surface area contributed by atoms with Gasteiger partial charge in [-0.25, -0.2) is 0 Å². The first-order valence-electron chi connectivity index (χ1n) is 5.79. The van der Waals surface area contributed by atoms with Crippen LogP contribution in [0.1, 0.15) is 10.6 Å². The van der Waals surface area contributed by atoms with E-state index in [4.69, 9.17) is 4.42 Å². The molecule has 18 heavy (non-hydrogen) atoms. The van der Waals surface area contributed by atoms with Crippen LogP contribution in [0.25, 0.3) is 11.0 Å². The van der Waals surface area contributed by atoms with Crippen molar-refractivity contribution in [2.45, 2.75) is 6.54 Å². The summed E-state index contributed by atoms with van der Waals surface area (Å²) in [5.74, 6) is 0.384. The van der Waals surface area contributed by atoms with Crippen molar-refractivity contribution in [2.24, 2.45) is 0 Å². The number of Topliss-reactive ketones (excluding diaryl/α,β-unsaturated/α-hetero) is 1. The van der Waals surface area contributed by atoms with Gasteiger partial charge < -0.3 is 4.42 Å². The summed E-state index contributed by atoms with van der Waals surface area (Å²) in [6, 6.07) is 15.1. The molecule has 0 saturated heterocycles. The minimum absolute atomic E-state index is 0.0256. The van der Waals surface area contributed by atoms with Crippen LogP contribution in [-0.4, -0.2) is 5.78 Å². The van der Waals surface area contributed by atoms with Gasteiger partial charge in [0.05, 0.1) is 0 Å². The highest BCUT2D eigenvalue weighted by atomic mass is 16.3. The fourth-order valence-corrected chi connectivity index (χ4v) is 1.90. The molecule has 3 nitrogen and oxygen atoms in total. The fourth-order valence-electron chi connectivity index (χ4n) is 1.90. The highest BCUT2D eigenvalue weighted by Gasteiger charge is 2.16. The first-order valence-corrected chi connectivity index (χ1v) is 5.79. The Hall–Kier alpha value is -2.42. The summed E-state index contributed by atoms with van der Waals surface area (Å²) in [5.41, 5.74) is 0.749. The van der Waals surface area contributed by atoms with Gasteiger partial charge in [0.15, 0.2) is 18.2 Å². The van der Waals surface area contributed by atoms with E-state index in [9.17, 15) is 4.79 Å². The molecule has 0 saturated carbocycles. The number of aromatic nitrogens is 1. The Labute approximate surface area is 104 Å². The second-order valence-electron chi connectivity index (χ2n) is 4.12. The maximum atomic E-state index is 12.1. The van der Waals surface area contributed by atoms with Gasteiger partial charge in [-0.05, 0) is 12.1 Å². The van der Waals surface area contributed by atoms with E-state index in [1.165, 1.54) is 0 Å². The van der Waals surface area contributed by atoms with Gasteiger partial charge in [0.25, 0.3) is 5.78 Å². The number of hydrogen-bond donors (Lipinski definition) is 0. The van der Waals surface area contributed by atoms with E-state index in [1.54, 1.807) is 6.07 Å². The molecule has 0 aliphatic heterocycles. The van der Waals surface area contributed by atoms with Gasteiger partial charge in [0, 0.05) is 17.5 Å². The molecule has 0 amide bonds. The molecule has 0 radical (unpaired) electrons. The lowest BCUT2D eigenvalue weighted by Crippen LogP contribution is -2.36.